The van der Waals surface area contributed by atoms with E-state index in [4.69, 9.17) is 16.3 Å². The first-order chi connectivity index (χ1) is 8.61. The molecule has 0 aliphatic rings. The first-order valence-electron chi connectivity index (χ1n) is 5.15. The van der Waals surface area contributed by atoms with E-state index in [2.05, 4.69) is 9.97 Å². The first kappa shape index (κ1) is 13.5. The zero-order valence-corrected chi connectivity index (χ0v) is 12.4. The van der Waals surface area contributed by atoms with Gasteiger partial charge in [-0.2, -0.15) is 0 Å². The van der Waals surface area contributed by atoms with Gasteiger partial charge in [0.25, 0.3) is 5.56 Å². The summed E-state index contributed by atoms with van der Waals surface area (Å²) in [7, 11) is 1.57. The summed E-state index contributed by atoms with van der Waals surface area (Å²) in [5, 5.41) is 0.599. The molecule has 0 unspecified atom stereocenters. The second-order valence-electron chi connectivity index (χ2n) is 3.62. The van der Waals surface area contributed by atoms with Crippen LogP contribution in [0.4, 0.5) is 0 Å². The van der Waals surface area contributed by atoms with Gasteiger partial charge in [-0.15, -0.1) is 0 Å². The molecule has 0 saturated carbocycles. The molecule has 0 fully saturated rings. The van der Waals surface area contributed by atoms with Crippen molar-refractivity contribution >= 4 is 34.2 Å². The maximum absolute atomic E-state index is 11.8. The van der Waals surface area contributed by atoms with E-state index in [1.807, 2.05) is 34.7 Å². The summed E-state index contributed by atoms with van der Waals surface area (Å²) in [6, 6.07) is 7.18. The van der Waals surface area contributed by atoms with Crippen LogP contribution in [-0.4, -0.2) is 17.1 Å². The number of ether oxygens (including phenoxy) is 1. The van der Waals surface area contributed by atoms with E-state index in [1.165, 1.54) is 0 Å². The molecule has 18 heavy (non-hydrogen) atoms. The molecule has 1 aromatic heterocycles. The number of methoxy groups -OCH3 is 1. The summed E-state index contributed by atoms with van der Waals surface area (Å²) in [6.45, 7) is 0.301. The Kier molecular flexibility index (Phi) is 4.36. The summed E-state index contributed by atoms with van der Waals surface area (Å²) < 4.78 is 5.57. The van der Waals surface area contributed by atoms with Crippen molar-refractivity contribution in [1.82, 2.24) is 9.97 Å². The molecule has 1 aromatic carbocycles. The fraction of sp³-hybridized carbons (Fsp3) is 0.167. The minimum atomic E-state index is -0.173. The van der Waals surface area contributed by atoms with Gasteiger partial charge in [0.05, 0.1) is 12.3 Å². The summed E-state index contributed by atoms with van der Waals surface area (Å²) in [4.78, 5) is 18.9. The Bertz CT molecular complexity index is 628. The average Bonchev–Trinajstić information content (AvgIpc) is 2.35. The van der Waals surface area contributed by atoms with E-state index in [-0.39, 0.29) is 5.56 Å². The predicted octanol–water partition coefficient (Wildman–Crippen LogP) is 2.84. The van der Waals surface area contributed by atoms with Gasteiger partial charge in [-0.05, 0) is 34.7 Å². The molecule has 0 bridgehead atoms. The van der Waals surface area contributed by atoms with Gasteiger partial charge in [0.15, 0.2) is 0 Å². The van der Waals surface area contributed by atoms with Crippen LogP contribution in [0.3, 0.4) is 0 Å². The van der Waals surface area contributed by atoms with Crippen molar-refractivity contribution in [3.63, 3.8) is 0 Å². The quantitative estimate of drug-likeness (QED) is 0.838. The SMILES string of the molecule is COCc1nc(-c2cccc(Cl)c2)[nH]c(=O)c1I. The number of halogens is 2. The van der Waals surface area contributed by atoms with Gasteiger partial charge in [-0.1, -0.05) is 23.7 Å². The number of benzene rings is 1. The first-order valence-corrected chi connectivity index (χ1v) is 6.61. The number of rotatable bonds is 3. The topological polar surface area (TPSA) is 55.0 Å². The maximum atomic E-state index is 11.8. The lowest BCUT2D eigenvalue weighted by atomic mass is 10.2. The minimum Gasteiger partial charge on any atom is -0.378 e. The Balaban J connectivity index is 2.55. The largest absolute Gasteiger partial charge is 0.378 e. The molecule has 6 heteroatoms. The second kappa shape index (κ2) is 5.81. The zero-order chi connectivity index (χ0) is 13.1. The molecular weight excluding hydrogens is 367 g/mol. The molecule has 0 atom stereocenters. The molecule has 0 spiro atoms. The number of H-pyrrole nitrogens is 1. The summed E-state index contributed by atoms with van der Waals surface area (Å²) in [5.74, 6) is 0.495. The summed E-state index contributed by atoms with van der Waals surface area (Å²) in [6.07, 6.45) is 0. The standard InChI is InChI=1S/C12H10ClIN2O2/c1-18-6-9-10(14)12(17)16-11(15-9)7-3-2-4-8(13)5-7/h2-5H,6H2,1H3,(H,15,16,17). The van der Waals surface area contributed by atoms with E-state index in [0.29, 0.717) is 26.7 Å². The van der Waals surface area contributed by atoms with E-state index >= 15 is 0 Å². The molecule has 0 radical (unpaired) electrons. The molecular formula is C12H10ClIN2O2. The highest BCUT2D eigenvalue weighted by atomic mass is 127. The lowest BCUT2D eigenvalue weighted by Gasteiger charge is -2.06. The lowest BCUT2D eigenvalue weighted by Crippen LogP contribution is -2.16. The Labute approximate surface area is 122 Å². The number of aromatic nitrogens is 2. The van der Waals surface area contributed by atoms with Crippen LogP contribution < -0.4 is 5.56 Å². The maximum Gasteiger partial charge on any atom is 0.264 e. The van der Waals surface area contributed by atoms with E-state index in [0.717, 1.165) is 5.56 Å². The van der Waals surface area contributed by atoms with Crippen molar-refractivity contribution in [3.8, 4) is 11.4 Å². The molecule has 4 nitrogen and oxygen atoms in total. The molecule has 0 saturated heterocycles. The fourth-order valence-electron chi connectivity index (χ4n) is 1.51. The molecule has 94 valence electrons. The van der Waals surface area contributed by atoms with E-state index in [9.17, 15) is 4.79 Å². The summed E-state index contributed by atoms with van der Waals surface area (Å²) in [5.41, 5.74) is 1.22. The van der Waals surface area contributed by atoms with Crippen LogP contribution in [0.1, 0.15) is 5.69 Å². The number of hydrogen-bond donors (Lipinski definition) is 1. The van der Waals surface area contributed by atoms with Crippen molar-refractivity contribution in [2.75, 3.05) is 7.11 Å². The summed E-state index contributed by atoms with van der Waals surface area (Å²) >= 11 is 7.88. The van der Waals surface area contributed by atoms with Crippen LogP contribution in [-0.2, 0) is 11.3 Å². The fourth-order valence-corrected chi connectivity index (χ4v) is 2.11. The molecule has 0 aliphatic heterocycles. The van der Waals surface area contributed by atoms with Crippen molar-refractivity contribution in [2.24, 2.45) is 0 Å². The molecule has 2 rings (SSSR count). The van der Waals surface area contributed by atoms with Crippen molar-refractivity contribution in [3.05, 3.63) is 48.9 Å². The van der Waals surface area contributed by atoms with Crippen molar-refractivity contribution in [1.29, 1.82) is 0 Å². The Morgan fingerprint density at radius 3 is 2.94 bits per heavy atom. The lowest BCUT2D eigenvalue weighted by molar-refractivity contribution is 0.180. The number of aromatic amines is 1. The molecule has 0 amide bonds. The zero-order valence-electron chi connectivity index (χ0n) is 9.54. The van der Waals surface area contributed by atoms with Gasteiger partial charge >= 0.3 is 0 Å². The van der Waals surface area contributed by atoms with Crippen LogP contribution in [0.25, 0.3) is 11.4 Å². The van der Waals surface area contributed by atoms with Gasteiger partial charge in [-0.3, -0.25) is 4.79 Å². The van der Waals surface area contributed by atoms with Crippen molar-refractivity contribution < 1.29 is 4.74 Å². The van der Waals surface area contributed by atoms with Crippen molar-refractivity contribution in [2.45, 2.75) is 6.61 Å². The van der Waals surface area contributed by atoms with Gasteiger partial charge in [0.2, 0.25) is 0 Å². The highest BCUT2D eigenvalue weighted by Gasteiger charge is 2.10. The third-order valence-corrected chi connectivity index (χ3v) is 3.66. The van der Waals surface area contributed by atoms with Crippen LogP contribution in [0.5, 0.6) is 0 Å². The third-order valence-electron chi connectivity index (χ3n) is 2.31. The molecule has 2 aromatic rings. The highest BCUT2D eigenvalue weighted by Crippen LogP contribution is 2.19. The number of nitrogens with one attached hydrogen (secondary N) is 1. The number of nitrogens with zero attached hydrogens (tertiary/aromatic N) is 1. The van der Waals surface area contributed by atoms with E-state index in [1.54, 1.807) is 19.2 Å². The van der Waals surface area contributed by atoms with Gasteiger partial charge in [-0.25, -0.2) is 4.98 Å². The molecule has 1 N–H and O–H groups in total. The van der Waals surface area contributed by atoms with Crippen LogP contribution >= 0.6 is 34.2 Å². The normalized spacial score (nSPS) is 10.6. The Hall–Kier alpha value is -0.920. The Morgan fingerprint density at radius 2 is 2.28 bits per heavy atom. The second-order valence-corrected chi connectivity index (χ2v) is 5.13. The highest BCUT2D eigenvalue weighted by molar-refractivity contribution is 14.1. The van der Waals surface area contributed by atoms with Crippen LogP contribution in [0.15, 0.2) is 29.1 Å². The van der Waals surface area contributed by atoms with E-state index < -0.39 is 0 Å². The van der Waals surface area contributed by atoms with Crippen LogP contribution in [0.2, 0.25) is 5.02 Å². The molecule has 0 aliphatic carbocycles. The Morgan fingerprint density at radius 1 is 1.50 bits per heavy atom. The van der Waals surface area contributed by atoms with Gasteiger partial charge in [0.1, 0.15) is 9.39 Å². The number of hydrogen-bond acceptors (Lipinski definition) is 3. The van der Waals surface area contributed by atoms with Gasteiger partial charge in [0, 0.05) is 17.7 Å². The van der Waals surface area contributed by atoms with Crippen LogP contribution in [0, 0.1) is 3.57 Å². The molecule has 1 heterocycles. The monoisotopic (exact) mass is 376 g/mol. The van der Waals surface area contributed by atoms with Gasteiger partial charge < -0.3 is 9.72 Å². The average molecular weight is 377 g/mol. The smallest absolute Gasteiger partial charge is 0.264 e. The predicted molar refractivity (Wildman–Crippen MR) is 78.7 cm³/mol. The third kappa shape index (κ3) is 2.90. The minimum absolute atomic E-state index is 0.173.